The van der Waals surface area contributed by atoms with Crippen molar-refractivity contribution in [2.75, 3.05) is 0 Å². The number of hydrogen-bond donors (Lipinski definition) is 2. The van der Waals surface area contributed by atoms with Crippen LogP contribution in [0.1, 0.15) is 46.2 Å². The molecule has 0 radical (unpaired) electrons. The molecule has 1 saturated heterocycles. The predicted molar refractivity (Wildman–Crippen MR) is 107 cm³/mol. The first-order valence-corrected chi connectivity index (χ1v) is 10.4. The molecule has 1 aromatic carbocycles. The Kier molecular flexibility index (Phi) is 4.77. The van der Waals surface area contributed by atoms with Gasteiger partial charge in [-0.25, -0.2) is 8.78 Å². The summed E-state index contributed by atoms with van der Waals surface area (Å²) >= 11 is 0. The third kappa shape index (κ3) is 3.17. The molecular formula is C22H21F2N3O5. The highest BCUT2D eigenvalue weighted by Gasteiger charge is 2.50. The Bertz CT molecular complexity index is 1190. The van der Waals surface area contributed by atoms with Crippen molar-refractivity contribution in [3.8, 4) is 5.75 Å². The van der Waals surface area contributed by atoms with E-state index in [0.717, 1.165) is 18.9 Å². The number of pyridine rings is 1. The molecule has 5 rings (SSSR count). The summed E-state index contributed by atoms with van der Waals surface area (Å²) in [6, 6.07) is 2.92. The first kappa shape index (κ1) is 20.6. The van der Waals surface area contributed by atoms with E-state index in [1.807, 2.05) is 0 Å². The van der Waals surface area contributed by atoms with Crippen LogP contribution < -0.4 is 10.7 Å². The van der Waals surface area contributed by atoms with E-state index in [9.17, 15) is 28.3 Å². The monoisotopic (exact) mass is 445 g/mol. The molecule has 1 saturated carbocycles. The maximum absolute atomic E-state index is 13.8. The molecule has 3 aliphatic rings. The molecular weight excluding hydrogens is 424 g/mol. The molecule has 2 aliphatic heterocycles. The van der Waals surface area contributed by atoms with E-state index < -0.39 is 40.9 Å². The second-order valence-corrected chi connectivity index (χ2v) is 8.58. The van der Waals surface area contributed by atoms with Gasteiger partial charge in [0.05, 0.1) is 12.6 Å². The van der Waals surface area contributed by atoms with E-state index in [4.69, 9.17) is 4.74 Å². The van der Waals surface area contributed by atoms with Gasteiger partial charge in [-0.2, -0.15) is 0 Å². The average molecular weight is 445 g/mol. The van der Waals surface area contributed by atoms with Crippen molar-refractivity contribution >= 4 is 11.8 Å². The Morgan fingerprint density at radius 1 is 1.28 bits per heavy atom. The smallest absolute Gasteiger partial charge is 0.276 e. The minimum absolute atomic E-state index is 0.0157. The molecule has 2 aromatic rings. The summed E-state index contributed by atoms with van der Waals surface area (Å²) in [5.74, 6) is -3.45. The van der Waals surface area contributed by atoms with Gasteiger partial charge in [0.1, 0.15) is 17.2 Å². The highest BCUT2D eigenvalue weighted by Crippen LogP contribution is 2.41. The van der Waals surface area contributed by atoms with Gasteiger partial charge >= 0.3 is 0 Å². The van der Waals surface area contributed by atoms with Gasteiger partial charge in [-0.1, -0.05) is 13.0 Å². The number of hydrogen-bond acceptors (Lipinski definition) is 5. The first-order chi connectivity index (χ1) is 15.2. The Morgan fingerprint density at radius 3 is 2.81 bits per heavy atom. The van der Waals surface area contributed by atoms with Gasteiger partial charge < -0.3 is 24.6 Å². The SMILES string of the molecule is C[C@H]1C[C@@H]2C[C@H]1O[C@H]1Cn3cc(C(=O)NCc4ccc(F)cc4F)c(=O)c(O)c3C(=O)N21. The number of fused-ring (bicyclic) bond motifs is 5. The largest absolute Gasteiger partial charge is 0.503 e. The number of carbonyl (C=O) groups excluding carboxylic acids is 2. The Hall–Kier alpha value is -3.27. The summed E-state index contributed by atoms with van der Waals surface area (Å²) in [4.78, 5) is 40.0. The molecule has 2 N–H and O–H groups in total. The minimum Gasteiger partial charge on any atom is -0.503 e. The second-order valence-electron chi connectivity index (χ2n) is 8.58. The number of nitrogens with zero attached hydrogens (tertiary/aromatic N) is 2. The molecule has 1 aliphatic carbocycles. The van der Waals surface area contributed by atoms with Gasteiger partial charge in [0.2, 0.25) is 5.43 Å². The summed E-state index contributed by atoms with van der Waals surface area (Å²) < 4.78 is 34.3. The highest BCUT2D eigenvalue weighted by molar-refractivity contribution is 5.99. The van der Waals surface area contributed by atoms with Gasteiger partial charge in [-0.15, -0.1) is 0 Å². The summed E-state index contributed by atoms with van der Waals surface area (Å²) in [5, 5.41) is 12.9. The Labute approximate surface area is 181 Å². The number of rotatable bonds is 3. The predicted octanol–water partition coefficient (Wildman–Crippen LogP) is 1.74. The van der Waals surface area contributed by atoms with Crippen LogP contribution in [0.2, 0.25) is 0 Å². The number of nitrogens with one attached hydrogen (secondary N) is 1. The van der Waals surface area contributed by atoms with Gasteiger partial charge in [-0.05, 0) is 24.8 Å². The number of halogens is 2. The molecule has 2 amide bonds. The number of carbonyl (C=O) groups is 2. The number of ether oxygens (including phenoxy) is 1. The van der Waals surface area contributed by atoms with Crippen LogP contribution in [0.3, 0.4) is 0 Å². The zero-order valence-corrected chi connectivity index (χ0v) is 17.2. The molecule has 1 aromatic heterocycles. The minimum atomic E-state index is -0.990. The zero-order valence-electron chi connectivity index (χ0n) is 17.2. The molecule has 0 spiro atoms. The van der Waals surface area contributed by atoms with Crippen LogP contribution in [0.15, 0.2) is 29.2 Å². The lowest BCUT2D eigenvalue weighted by Gasteiger charge is -2.44. The molecule has 4 atom stereocenters. The maximum atomic E-state index is 13.8. The fourth-order valence-electron chi connectivity index (χ4n) is 4.93. The van der Waals surface area contributed by atoms with Gasteiger partial charge in [0.25, 0.3) is 11.8 Å². The second kappa shape index (κ2) is 7.40. The lowest BCUT2D eigenvalue weighted by molar-refractivity contribution is -0.138. The Morgan fingerprint density at radius 2 is 2.06 bits per heavy atom. The Balaban J connectivity index is 1.43. The van der Waals surface area contributed by atoms with Crippen molar-refractivity contribution < 1.29 is 28.2 Å². The van der Waals surface area contributed by atoms with Crippen LogP contribution in [0.4, 0.5) is 8.78 Å². The lowest BCUT2D eigenvalue weighted by Crippen LogP contribution is -2.57. The number of benzene rings is 1. The molecule has 3 heterocycles. The van der Waals surface area contributed by atoms with E-state index in [0.29, 0.717) is 12.0 Å². The van der Waals surface area contributed by atoms with Crippen molar-refractivity contribution in [2.24, 2.45) is 5.92 Å². The fraction of sp³-hybridized carbons (Fsp3) is 0.409. The van der Waals surface area contributed by atoms with Crippen molar-refractivity contribution in [3.63, 3.8) is 0 Å². The zero-order chi connectivity index (χ0) is 22.7. The van der Waals surface area contributed by atoms with Gasteiger partial charge in [0, 0.05) is 30.4 Å². The molecule has 32 heavy (non-hydrogen) atoms. The average Bonchev–Trinajstić information content (AvgIpc) is 3.03. The van der Waals surface area contributed by atoms with Crippen LogP contribution in [0.25, 0.3) is 0 Å². The van der Waals surface area contributed by atoms with Crippen LogP contribution >= 0.6 is 0 Å². The van der Waals surface area contributed by atoms with E-state index in [-0.39, 0.29) is 42.1 Å². The molecule has 8 nitrogen and oxygen atoms in total. The first-order valence-electron chi connectivity index (χ1n) is 10.4. The van der Waals surface area contributed by atoms with Crippen LogP contribution in [0.5, 0.6) is 5.75 Å². The number of aromatic hydroxyl groups is 1. The van der Waals surface area contributed by atoms with Crippen LogP contribution in [-0.4, -0.2) is 44.8 Å². The number of amides is 2. The van der Waals surface area contributed by atoms with E-state index in [1.165, 1.54) is 16.8 Å². The van der Waals surface area contributed by atoms with E-state index in [1.54, 1.807) is 4.90 Å². The third-order valence-corrected chi connectivity index (χ3v) is 6.56. The highest BCUT2D eigenvalue weighted by atomic mass is 19.1. The van der Waals surface area contributed by atoms with E-state index >= 15 is 0 Å². The van der Waals surface area contributed by atoms with Crippen molar-refractivity contribution in [1.29, 1.82) is 0 Å². The third-order valence-electron chi connectivity index (χ3n) is 6.56. The normalized spacial score (nSPS) is 26.0. The molecule has 2 bridgehead atoms. The van der Waals surface area contributed by atoms with Crippen molar-refractivity contribution in [3.05, 3.63) is 63.1 Å². The molecule has 0 unspecified atom stereocenters. The lowest BCUT2D eigenvalue weighted by atomic mass is 10.1. The standard InChI is InChI=1S/C22H21F2N3O5/c1-10-4-13-6-16(10)32-17-9-26-8-14(19(28)20(29)18(26)22(31)27(13)17)21(30)25-7-11-2-3-12(23)5-15(11)24/h2-3,5,8,10,13,16-17,29H,4,6-7,9H2,1H3,(H,25,30)/t10-,13+,16+,17-/m0/s1. The van der Waals surface area contributed by atoms with Crippen molar-refractivity contribution in [1.82, 2.24) is 14.8 Å². The van der Waals surface area contributed by atoms with Crippen molar-refractivity contribution in [2.45, 2.75) is 51.2 Å². The van der Waals surface area contributed by atoms with Gasteiger partial charge in [-0.3, -0.25) is 14.4 Å². The van der Waals surface area contributed by atoms with Crippen LogP contribution in [0, 0.1) is 17.6 Å². The summed E-state index contributed by atoms with van der Waals surface area (Å²) in [5.41, 5.74) is -1.51. The summed E-state index contributed by atoms with van der Waals surface area (Å²) in [6.07, 6.45) is 2.21. The summed E-state index contributed by atoms with van der Waals surface area (Å²) in [6.45, 7) is 1.95. The topological polar surface area (TPSA) is 101 Å². The van der Waals surface area contributed by atoms with Crippen LogP contribution in [-0.2, 0) is 17.8 Å². The van der Waals surface area contributed by atoms with E-state index in [2.05, 4.69) is 12.2 Å². The fourth-order valence-corrected chi connectivity index (χ4v) is 4.93. The summed E-state index contributed by atoms with van der Waals surface area (Å²) in [7, 11) is 0. The molecule has 168 valence electrons. The number of aromatic nitrogens is 1. The molecule has 2 fully saturated rings. The van der Waals surface area contributed by atoms with Gasteiger partial charge in [0.15, 0.2) is 17.7 Å². The molecule has 10 heteroatoms. The maximum Gasteiger partial charge on any atom is 0.276 e. The quantitative estimate of drug-likeness (QED) is 0.750.